The molecule has 0 saturated heterocycles. The van der Waals surface area contributed by atoms with Gasteiger partial charge in [0.15, 0.2) is 6.61 Å². The molecule has 0 saturated carbocycles. The highest BCUT2D eigenvalue weighted by Crippen LogP contribution is 2.13. The number of carbonyl (C=O) groups excluding carboxylic acids is 2. The molecular weight excluding hydrogens is 392 g/mol. The lowest BCUT2D eigenvalue weighted by molar-refractivity contribution is -0.148. The fraction of sp³-hybridized carbons (Fsp3) is 0.222. The van der Waals surface area contributed by atoms with Crippen LogP contribution in [0.1, 0.15) is 12.5 Å². The summed E-state index contributed by atoms with van der Waals surface area (Å²) in [5.41, 5.74) is 1.40. The molecule has 2 aromatic rings. The molecule has 9 heteroatoms. The zero-order chi connectivity index (χ0) is 20.0. The lowest BCUT2D eigenvalue weighted by Gasteiger charge is -2.14. The number of aryl methyl sites for hydroxylation is 1. The number of nitrogens with one attached hydrogen (secondary N) is 2. The molecule has 7 nitrogen and oxygen atoms in total. The van der Waals surface area contributed by atoms with Gasteiger partial charge in [0.25, 0.3) is 5.91 Å². The third kappa shape index (κ3) is 6.35. The van der Waals surface area contributed by atoms with Crippen LogP contribution in [-0.2, 0) is 24.3 Å². The zero-order valence-corrected chi connectivity index (χ0v) is 16.3. The van der Waals surface area contributed by atoms with E-state index in [1.54, 1.807) is 36.4 Å². The molecule has 0 radical (unpaired) electrons. The summed E-state index contributed by atoms with van der Waals surface area (Å²) < 4.78 is 31.6. The van der Waals surface area contributed by atoms with Crippen molar-refractivity contribution in [2.45, 2.75) is 24.8 Å². The van der Waals surface area contributed by atoms with Gasteiger partial charge in [0.2, 0.25) is 10.0 Å². The fourth-order valence-corrected chi connectivity index (χ4v) is 3.38. The molecule has 0 unspecified atom stereocenters. The Labute approximate surface area is 162 Å². The van der Waals surface area contributed by atoms with Gasteiger partial charge < -0.3 is 10.1 Å². The van der Waals surface area contributed by atoms with Crippen LogP contribution in [0.5, 0.6) is 0 Å². The van der Waals surface area contributed by atoms with Crippen LogP contribution in [0, 0.1) is 6.92 Å². The van der Waals surface area contributed by atoms with Crippen LogP contribution in [0.3, 0.4) is 0 Å². The van der Waals surface area contributed by atoms with Crippen molar-refractivity contribution in [3.05, 3.63) is 59.1 Å². The van der Waals surface area contributed by atoms with E-state index in [1.165, 1.54) is 19.1 Å². The Bertz CT molecular complexity index is 912. The number of rotatable bonds is 7. The molecule has 1 amide bonds. The summed E-state index contributed by atoms with van der Waals surface area (Å²) >= 11 is 5.75. The van der Waals surface area contributed by atoms with E-state index in [-0.39, 0.29) is 4.90 Å². The van der Waals surface area contributed by atoms with Crippen LogP contribution in [0.15, 0.2) is 53.4 Å². The van der Waals surface area contributed by atoms with E-state index in [4.69, 9.17) is 16.3 Å². The Kier molecular flexibility index (Phi) is 6.95. The quantitative estimate of drug-likeness (QED) is 0.683. The van der Waals surface area contributed by atoms with Crippen molar-refractivity contribution >= 4 is 39.2 Å². The van der Waals surface area contributed by atoms with Crippen LogP contribution >= 0.6 is 11.6 Å². The molecule has 1 atom stereocenters. The number of ether oxygens (including phenoxy) is 1. The summed E-state index contributed by atoms with van der Waals surface area (Å²) in [6, 6.07) is 11.4. The van der Waals surface area contributed by atoms with Crippen molar-refractivity contribution in [3.63, 3.8) is 0 Å². The Morgan fingerprint density at radius 2 is 1.67 bits per heavy atom. The summed E-state index contributed by atoms with van der Waals surface area (Å²) in [6.07, 6.45) is 0. The Hall–Kier alpha value is -2.42. The second kappa shape index (κ2) is 8.98. The molecule has 0 aromatic heterocycles. The van der Waals surface area contributed by atoms with E-state index in [0.29, 0.717) is 10.7 Å². The maximum Gasteiger partial charge on any atom is 0.324 e. The largest absolute Gasteiger partial charge is 0.454 e. The van der Waals surface area contributed by atoms with Gasteiger partial charge >= 0.3 is 5.97 Å². The van der Waals surface area contributed by atoms with Crippen molar-refractivity contribution in [1.29, 1.82) is 0 Å². The molecule has 27 heavy (non-hydrogen) atoms. The first-order valence-electron chi connectivity index (χ1n) is 7.98. The van der Waals surface area contributed by atoms with Gasteiger partial charge in [0.05, 0.1) is 4.90 Å². The maximum atomic E-state index is 12.3. The first-order valence-corrected chi connectivity index (χ1v) is 9.84. The molecule has 0 heterocycles. The second-order valence-electron chi connectivity index (χ2n) is 5.82. The number of carbonyl (C=O) groups is 2. The molecule has 2 aromatic carbocycles. The number of sulfonamides is 1. The third-order valence-corrected chi connectivity index (χ3v) is 5.30. The first kappa shape index (κ1) is 20.9. The predicted molar refractivity (Wildman–Crippen MR) is 102 cm³/mol. The van der Waals surface area contributed by atoms with Crippen LogP contribution in [0.25, 0.3) is 0 Å². The van der Waals surface area contributed by atoms with Gasteiger partial charge in [0, 0.05) is 10.7 Å². The molecule has 0 aliphatic carbocycles. The lowest BCUT2D eigenvalue weighted by Crippen LogP contribution is -2.40. The van der Waals surface area contributed by atoms with E-state index < -0.39 is 34.5 Å². The molecular formula is C18H19ClN2O5S. The summed E-state index contributed by atoms with van der Waals surface area (Å²) in [7, 11) is -3.88. The topological polar surface area (TPSA) is 102 Å². The molecule has 0 aliphatic rings. The minimum atomic E-state index is -3.88. The molecule has 0 fully saturated rings. The molecule has 144 valence electrons. The fourth-order valence-electron chi connectivity index (χ4n) is 2.06. The van der Waals surface area contributed by atoms with Crippen molar-refractivity contribution in [3.8, 4) is 0 Å². The minimum absolute atomic E-state index is 0.0354. The molecule has 2 rings (SSSR count). The molecule has 2 N–H and O–H groups in total. The summed E-state index contributed by atoms with van der Waals surface area (Å²) in [5.74, 6) is -1.42. The third-order valence-electron chi connectivity index (χ3n) is 3.49. The van der Waals surface area contributed by atoms with Crippen molar-refractivity contribution in [1.82, 2.24) is 4.72 Å². The predicted octanol–water partition coefficient (Wildman–Crippen LogP) is 2.50. The van der Waals surface area contributed by atoms with Crippen molar-refractivity contribution in [2.75, 3.05) is 11.9 Å². The average molecular weight is 411 g/mol. The van der Waals surface area contributed by atoms with Crippen LogP contribution < -0.4 is 10.0 Å². The van der Waals surface area contributed by atoms with Crippen LogP contribution in [0.2, 0.25) is 5.02 Å². The number of esters is 1. The van der Waals surface area contributed by atoms with Crippen LogP contribution in [-0.4, -0.2) is 32.9 Å². The van der Waals surface area contributed by atoms with Gasteiger partial charge in [-0.2, -0.15) is 4.72 Å². The van der Waals surface area contributed by atoms with E-state index in [0.717, 1.165) is 5.56 Å². The van der Waals surface area contributed by atoms with Gasteiger partial charge in [-0.05, 0) is 50.2 Å². The van der Waals surface area contributed by atoms with Crippen molar-refractivity contribution in [2.24, 2.45) is 0 Å². The van der Waals surface area contributed by atoms with E-state index >= 15 is 0 Å². The molecule has 0 bridgehead atoms. The Morgan fingerprint density at radius 3 is 2.26 bits per heavy atom. The Morgan fingerprint density at radius 1 is 1.07 bits per heavy atom. The highest BCUT2D eigenvalue weighted by atomic mass is 35.5. The summed E-state index contributed by atoms with van der Waals surface area (Å²) in [6.45, 7) is 2.63. The normalized spacial score (nSPS) is 12.3. The monoisotopic (exact) mass is 410 g/mol. The number of halogens is 1. The van der Waals surface area contributed by atoms with Crippen molar-refractivity contribution < 1.29 is 22.7 Å². The van der Waals surface area contributed by atoms with Gasteiger partial charge in [-0.3, -0.25) is 9.59 Å². The van der Waals surface area contributed by atoms with Gasteiger partial charge in [-0.15, -0.1) is 0 Å². The lowest BCUT2D eigenvalue weighted by atomic mass is 10.2. The van der Waals surface area contributed by atoms with E-state index in [1.807, 2.05) is 6.92 Å². The molecule has 0 spiro atoms. The summed E-state index contributed by atoms with van der Waals surface area (Å²) in [5, 5.41) is 3.05. The second-order valence-corrected chi connectivity index (χ2v) is 7.97. The average Bonchev–Trinajstić information content (AvgIpc) is 2.61. The number of amides is 1. The van der Waals surface area contributed by atoms with Gasteiger partial charge in [0.1, 0.15) is 6.04 Å². The minimum Gasteiger partial charge on any atom is -0.454 e. The van der Waals surface area contributed by atoms with Gasteiger partial charge in [-0.1, -0.05) is 29.3 Å². The van der Waals surface area contributed by atoms with Gasteiger partial charge in [-0.25, -0.2) is 8.42 Å². The van der Waals surface area contributed by atoms with E-state index in [2.05, 4.69) is 10.0 Å². The highest BCUT2D eigenvalue weighted by Gasteiger charge is 2.23. The summed E-state index contributed by atoms with van der Waals surface area (Å²) in [4.78, 5) is 23.8. The maximum absolute atomic E-state index is 12.3. The number of hydrogen-bond donors (Lipinski definition) is 2. The standard InChI is InChI=1S/C18H19ClN2O5S/c1-12-3-9-16(10-4-12)27(24,25)21-13(2)18(23)26-11-17(22)20-15-7-5-14(19)6-8-15/h3-10,13,21H,11H2,1-2H3,(H,20,22)/t13-/m0/s1. The number of hydrogen-bond acceptors (Lipinski definition) is 5. The smallest absolute Gasteiger partial charge is 0.324 e. The SMILES string of the molecule is Cc1ccc(S(=O)(=O)N[C@@H](C)C(=O)OCC(=O)Nc2ccc(Cl)cc2)cc1. The van der Waals surface area contributed by atoms with Crippen LogP contribution in [0.4, 0.5) is 5.69 Å². The Balaban J connectivity index is 1.86. The van der Waals surface area contributed by atoms with E-state index in [9.17, 15) is 18.0 Å². The number of benzene rings is 2. The first-order chi connectivity index (χ1) is 12.7. The number of anilines is 1. The molecule has 0 aliphatic heterocycles. The highest BCUT2D eigenvalue weighted by molar-refractivity contribution is 7.89. The zero-order valence-electron chi connectivity index (χ0n) is 14.7.